The van der Waals surface area contributed by atoms with Crippen LogP contribution in [0.5, 0.6) is 0 Å². The number of nitrogens with zero attached hydrogens (tertiary/aromatic N) is 2. The van der Waals surface area contributed by atoms with Crippen molar-refractivity contribution in [2.24, 2.45) is 0 Å². The van der Waals surface area contributed by atoms with E-state index < -0.39 is 0 Å². The lowest BCUT2D eigenvalue weighted by Crippen LogP contribution is -2.39. The Kier molecular flexibility index (Phi) is 3.28. The van der Waals surface area contributed by atoms with Crippen molar-refractivity contribution >= 4 is 5.91 Å². The van der Waals surface area contributed by atoms with Crippen molar-refractivity contribution in [1.29, 1.82) is 0 Å². The van der Waals surface area contributed by atoms with Gasteiger partial charge in [-0.2, -0.15) is 0 Å². The minimum Gasteiger partial charge on any atom is -0.338 e. The van der Waals surface area contributed by atoms with Gasteiger partial charge in [-0.15, -0.1) is 0 Å². The molecule has 18 heavy (non-hydrogen) atoms. The fraction of sp³-hybridized carbons (Fsp3) is 0.571. The minimum absolute atomic E-state index is 0.281. The van der Waals surface area contributed by atoms with Crippen molar-refractivity contribution in [3.63, 3.8) is 0 Å². The normalized spacial score (nSPS) is 22.9. The van der Waals surface area contributed by atoms with E-state index in [1.54, 1.807) is 0 Å². The smallest absolute Gasteiger partial charge is 0.224 e. The van der Waals surface area contributed by atoms with Gasteiger partial charge in [0.1, 0.15) is 0 Å². The molecule has 96 valence electrons. The minimum atomic E-state index is 0.281. The number of pyridine rings is 1. The Morgan fingerprint density at radius 1 is 1.56 bits per heavy atom. The summed E-state index contributed by atoms with van der Waals surface area (Å²) in [6.07, 6.45) is 5.71. The SMILES string of the molecule is O=C(CC1CCCN1)N1CCc2ncccc2C1. The predicted octanol–water partition coefficient (Wildman–Crippen LogP) is 1.11. The molecule has 1 atom stereocenters. The molecule has 1 N–H and O–H groups in total. The van der Waals surface area contributed by atoms with Gasteiger partial charge in [-0.05, 0) is 31.0 Å². The van der Waals surface area contributed by atoms with Gasteiger partial charge in [-0.25, -0.2) is 0 Å². The van der Waals surface area contributed by atoms with Crippen molar-refractivity contribution in [3.05, 3.63) is 29.6 Å². The zero-order chi connectivity index (χ0) is 12.4. The largest absolute Gasteiger partial charge is 0.338 e. The van der Waals surface area contributed by atoms with Gasteiger partial charge in [0, 0.05) is 43.9 Å². The Hall–Kier alpha value is -1.42. The maximum Gasteiger partial charge on any atom is 0.224 e. The number of aromatic nitrogens is 1. The second-order valence-corrected chi connectivity index (χ2v) is 5.17. The van der Waals surface area contributed by atoms with E-state index in [0.29, 0.717) is 12.5 Å². The maximum atomic E-state index is 12.2. The second kappa shape index (κ2) is 5.06. The maximum absolute atomic E-state index is 12.2. The fourth-order valence-corrected chi connectivity index (χ4v) is 2.85. The van der Waals surface area contributed by atoms with Gasteiger partial charge >= 0.3 is 0 Å². The monoisotopic (exact) mass is 245 g/mol. The van der Waals surface area contributed by atoms with Crippen molar-refractivity contribution in [1.82, 2.24) is 15.2 Å². The lowest BCUT2D eigenvalue weighted by atomic mass is 10.0. The third-order valence-electron chi connectivity index (χ3n) is 3.90. The molecule has 2 aliphatic heterocycles. The van der Waals surface area contributed by atoms with Gasteiger partial charge < -0.3 is 10.2 Å². The first-order valence-corrected chi connectivity index (χ1v) is 6.77. The van der Waals surface area contributed by atoms with Crippen molar-refractivity contribution in [3.8, 4) is 0 Å². The summed E-state index contributed by atoms with van der Waals surface area (Å²) >= 11 is 0. The van der Waals surface area contributed by atoms with Crippen LogP contribution in [-0.4, -0.2) is 34.9 Å². The first-order chi connectivity index (χ1) is 8.83. The predicted molar refractivity (Wildman–Crippen MR) is 69.0 cm³/mol. The average Bonchev–Trinajstić information content (AvgIpc) is 2.91. The summed E-state index contributed by atoms with van der Waals surface area (Å²) in [6.45, 7) is 2.61. The molecule has 1 aromatic rings. The molecule has 0 aliphatic carbocycles. The van der Waals surface area contributed by atoms with Gasteiger partial charge in [-0.3, -0.25) is 9.78 Å². The van der Waals surface area contributed by atoms with Gasteiger partial charge in [0.25, 0.3) is 0 Å². The molecule has 0 saturated carbocycles. The zero-order valence-electron chi connectivity index (χ0n) is 10.6. The van der Waals surface area contributed by atoms with Crippen LogP contribution < -0.4 is 5.32 Å². The molecule has 1 unspecified atom stereocenters. The first kappa shape index (κ1) is 11.7. The summed E-state index contributed by atoms with van der Waals surface area (Å²) in [6, 6.07) is 4.42. The molecule has 0 aromatic carbocycles. The van der Waals surface area contributed by atoms with Crippen molar-refractivity contribution in [2.45, 2.75) is 38.3 Å². The van der Waals surface area contributed by atoms with Crippen LogP contribution in [0.4, 0.5) is 0 Å². The Labute approximate surface area is 107 Å². The van der Waals surface area contributed by atoms with E-state index in [-0.39, 0.29) is 5.91 Å². The van der Waals surface area contributed by atoms with Crippen LogP contribution in [0.1, 0.15) is 30.5 Å². The Morgan fingerprint density at radius 2 is 2.50 bits per heavy atom. The molecule has 1 aromatic heterocycles. The summed E-state index contributed by atoms with van der Waals surface area (Å²) in [5.74, 6) is 0.281. The van der Waals surface area contributed by atoms with Crippen LogP contribution in [-0.2, 0) is 17.8 Å². The summed E-state index contributed by atoms with van der Waals surface area (Å²) in [5.41, 5.74) is 2.36. The quantitative estimate of drug-likeness (QED) is 0.849. The van der Waals surface area contributed by atoms with Crippen LogP contribution in [0.2, 0.25) is 0 Å². The number of hydrogen-bond acceptors (Lipinski definition) is 3. The van der Waals surface area contributed by atoms with Crippen LogP contribution in [0.3, 0.4) is 0 Å². The number of amides is 1. The molecule has 4 heteroatoms. The van der Waals surface area contributed by atoms with Crippen LogP contribution in [0.25, 0.3) is 0 Å². The number of fused-ring (bicyclic) bond motifs is 1. The third kappa shape index (κ3) is 2.38. The molecule has 0 bridgehead atoms. The topological polar surface area (TPSA) is 45.2 Å². The Balaban J connectivity index is 1.62. The number of nitrogens with one attached hydrogen (secondary N) is 1. The number of rotatable bonds is 2. The summed E-state index contributed by atoms with van der Waals surface area (Å²) in [5, 5.41) is 3.39. The highest BCUT2D eigenvalue weighted by atomic mass is 16.2. The number of carbonyl (C=O) groups is 1. The molecule has 0 radical (unpaired) electrons. The van der Waals surface area contributed by atoms with Crippen molar-refractivity contribution in [2.75, 3.05) is 13.1 Å². The van der Waals surface area contributed by atoms with Crippen LogP contribution >= 0.6 is 0 Å². The number of carbonyl (C=O) groups excluding carboxylic acids is 1. The average molecular weight is 245 g/mol. The molecular formula is C14H19N3O. The summed E-state index contributed by atoms with van der Waals surface area (Å²) < 4.78 is 0. The number of hydrogen-bond donors (Lipinski definition) is 1. The molecule has 1 amide bonds. The van der Waals surface area contributed by atoms with Crippen molar-refractivity contribution < 1.29 is 4.79 Å². The molecule has 1 fully saturated rings. The standard InChI is InChI=1S/C14H19N3O/c18-14(9-12-4-2-6-15-12)17-8-5-13-11(10-17)3-1-7-16-13/h1,3,7,12,15H,2,4-6,8-10H2. The van der Waals surface area contributed by atoms with E-state index in [9.17, 15) is 4.79 Å². The van der Waals surface area contributed by atoms with E-state index in [4.69, 9.17) is 0 Å². The second-order valence-electron chi connectivity index (χ2n) is 5.17. The van der Waals surface area contributed by atoms with Gasteiger partial charge in [0.2, 0.25) is 5.91 Å². The molecule has 2 aliphatic rings. The highest BCUT2D eigenvalue weighted by Crippen LogP contribution is 2.18. The van der Waals surface area contributed by atoms with Gasteiger partial charge in [0.15, 0.2) is 0 Å². The lowest BCUT2D eigenvalue weighted by Gasteiger charge is -2.29. The van der Waals surface area contributed by atoms with E-state index in [0.717, 1.165) is 38.2 Å². The fourth-order valence-electron chi connectivity index (χ4n) is 2.85. The Bertz CT molecular complexity index is 440. The van der Waals surface area contributed by atoms with E-state index >= 15 is 0 Å². The molecule has 1 saturated heterocycles. The van der Waals surface area contributed by atoms with E-state index in [1.807, 2.05) is 17.2 Å². The first-order valence-electron chi connectivity index (χ1n) is 6.77. The third-order valence-corrected chi connectivity index (χ3v) is 3.90. The lowest BCUT2D eigenvalue weighted by molar-refractivity contribution is -0.132. The Morgan fingerprint density at radius 3 is 3.33 bits per heavy atom. The molecule has 4 nitrogen and oxygen atoms in total. The highest BCUT2D eigenvalue weighted by molar-refractivity contribution is 5.77. The summed E-state index contributed by atoms with van der Waals surface area (Å²) in [4.78, 5) is 18.6. The van der Waals surface area contributed by atoms with E-state index in [2.05, 4.69) is 16.4 Å². The summed E-state index contributed by atoms with van der Waals surface area (Å²) in [7, 11) is 0. The highest BCUT2D eigenvalue weighted by Gasteiger charge is 2.24. The molecule has 0 spiro atoms. The molecule has 3 heterocycles. The van der Waals surface area contributed by atoms with Gasteiger partial charge in [-0.1, -0.05) is 6.07 Å². The molecule has 3 rings (SSSR count). The zero-order valence-corrected chi connectivity index (χ0v) is 10.6. The molecular weight excluding hydrogens is 226 g/mol. The van der Waals surface area contributed by atoms with Gasteiger partial charge in [0.05, 0.1) is 0 Å². The van der Waals surface area contributed by atoms with Crippen LogP contribution in [0, 0.1) is 0 Å². The van der Waals surface area contributed by atoms with E-state index in [1.165, 1.54) is 12.0 Å². The van der Waals surface area contributed by atoms with Crippen LogP contribution in [0.15, 0.2) is 18.3 Å².